The number of amides is 1. The summed E-state index contributed by atoms with van der Waals surface area (Å²) in [6.07, 6.45) is -0.725. The number of β-lactam (4-membered cyclic amide) rings is 1. The van der Waals surface area contributed by atoms with Crippen molar-refractivity contribution in [3.05, 3.63) is 22.7 Å². The van der Waals surface area contributed by atoms with Crippen molar-refractivity contribution in [1.82, 2.24) is 0 Å². The zero-order chi connectivity index (χ0) is 18.0. The predicted molar refractivity (Wildman–Crippen MR) is 88.7 cm³/mol. The Labute approximate surface area is 148 Å². The van der Waals surface area contributed by atoms with Gasteiger partial charge in [-0.15, -0.1) is 0 Å². The van der Waals surface area contributed by atoms with Crippen molar-refractivity contribution in [2.75, 3.05) is 19.1 Å². The number of anilines is 1. The Morgan fingerprint density at radius 3 is 2.46 bits per heavy atom. The van der Waals surface area contributed by atoms with Gasteiger partial charge in [0, 0.05) is 12.6 Å². The van der Waals surface area contributed by atoms with Crippen LogP contribution in [-0.4, -0.2) is 44.2 Å². The van der Waals surface area contributed by atoms with Gasteiger partial charge in [-0.25, -0.2) is 4.79 Å². The standard InChI is InChI=1S/C16H18BrNO6/c1-8(24-9(2)19)13-14(16(21)23-4)18(15(13)20)10-5-6-12(22-3)11(17)7-10/h5-8,13-14H,1-4H3/t8-,13+,14+/m1/s1. The number of carbonyl (C=O) groups is 3. The van der Waals surface area contributed by atoms with Gasteiger partial charge in [-0.05, 0) is 41.1 Å². The first-order chi connectivity index (χ1) is 11.3. The Hall–Kier alpha value is -2.09. The molecule has 2 rings (SSSR count). The van der Waals surface area contributed by atoms with Gasteiger partial charge in [0.25, 0.3) is 0 Å². The van der Waals surface area contributed by atoms with Crippen molar-refractivity contribution in [2.24, 2.45) is 5.92 Å². The Balaban J connectivity index is 2.33. The molecular weight excluding hydrogens is 382 g/mol. The molecule has 1 heterocycles. The molecule has 1 aromatic rings. The van der Waals surface area contributed by atoms with E-state index in [9.17, 15) is 14.4 Å². The molecule has 0 N–H and O–H groups in total. The minimum Gasteiger partial charge on any atom is -0.496 e. The number of carbonyl (C=O) groups excluding carboxylic acids is 3. The zero-order valence-electron chi connectivity index (χ0n) is 13.7. The average molecular weight is 400 g/mol. The summed E-state index contributed by atoms with van der Waals surface area (Å²) in [5.74, 6) is -1.56. The molecule has 130 valence electrons. The molecular formula is C16H18BrNO6. The van der Waals surface area contributed by atoms with Crippen LogP contribution in [0.3, 0.4) is 0 Å². The van der Waals surface area contributed by atoms with E-state index in [2.05, 4.69) is 15.9 Å². The monoisotopic (exact) mass is 399 g/mol. The van der Waals surface area contributed by atoms with E-state index >= 15 is 0 Å². The molecule has 0 aromatic heterocycles. The van der Waals surface area contributed by atoms with Gasteiger partial charge in [-0.2, -0.15) is 0 Å². The van der Waals surface area contributed by atoms with E-state index in [0.29, 0.717) is 15.9 Å². The molecule has 3 atom stereocenters. The maximum atomic E-state index is 12.6. The highest BCUT2D eigenvalue weighted by molar-refractivity contribution is 9.10. The number of nitrogens with zero attached hydrogens (tertiary/aromatic N) is 1. The lowest BCUT2D eigenvalue weighted by molar-refractivity contribution is -0.162. The van der Waals surface area contributed by atoms with Crippen LogP contribution in [0.5, 0.6) is 5.75 Å². The molecule has 1 aliphatic rings. The first-order valence-electron chi connectivity index (χ1n) is 7.23. The van der Waals surface area contributed by atoms with Gasteiger partial charge in [0.1, 0.15) is 23.8 Å². The number of halogens is 1. The minimum atomic E-state index is -0.850. The maximum Gasteiger partial charge on any atom is 0.329 e. The van der Waals surface area contributed by atoms with Gasteiger partial charge < -0.3 is 14.2 Å². The third-order valence-corrected chi connectivity index (χ3v) is 4.47. The molecule has 8 heteroatoms. The topological polar surface area (TPSA) is 82.1 Å². The number of hydrogen-bond acceptors (Lipinski definition) is 6. The van der Waals surface area contributed by atoms with Gasteiger partial charge >= 0.3 is 11.9 Å². The minimum absolute atomic E-state index is 0.309. The molecule has 0 saturated carbocycles. The summed E-state index contributed by atoms with van der Waals surface area (Å²) in [5.41, 5.74) is 0.523. The molecule has 1 aliphatic heterocycles. The molecule has 0 aliphatic carbocycles. The van der Waals surface area contributed by atoms with Gasteiger partial charge in [0.2, 0.25) is 5.91 Å². The van der Waals surface area contributed by atoms with Gasteiger partial charge in [0.15, 0.2) is 0 Å². The van der Waals surface area contributed by atoms with Crippen LogP contribution in [0.15, 0.2) is 22.7 Å². The van der Waals surface area contributed by atoms with Crippen LogP contribution >= 0.6 is 15.9 Å². The summed E-state index contributed by atoms with van der Waals surface area (Å²) in [7, 11) is 2.78. The summed E-state index contributed by atoms with van der Waals surface area (Å²) in [5, 5.41) is 0. The van der Waals surface area contributed by atoms with Crippen molar-refractivity contribution >= 4 is 39.5 Å². The molecule has 0 unspecified atom stereocenters. The summed E-state index contributed by atoms with van der Waals surface area (Å²) in [6, 6.07) is 4.19. The van der Waals surface area contributed by atoms with E-state index in [1.165, 1.54) is 26.0 Å². The second-order valence-electron chi connectivity index (χ2n) is 5.34. The summed E-state index contributed by atoms with van der Waals surface area (Å²) in [4.78, 5) is 37.2. The van der Waals surface area contributed by atoms with Crippen LogP contribution in [0.4, 0.5) is 5.69 Å². The average Bonchev–Trinajstić information content (AvgIpc) is 2.51. The first kappa shape index (κ1) is 18.3. The molecule has 1 amide bonds. The largest absolute Gasteiger partial charge is 0.496 e. The highest BCUT2D eigenvalue weighted by Crippen LogP contribution is 2.39. The highest BCUT2D eigenvalue weighted by atomic mass is 79.9. The van der Waals surface area contributed by atoms with E-state index in [1.54, 1.807) is 25.1 Å². The van der Waals surface area contributed by atoms with E-state index in [4.69, 9.17) is 14.2 Å². The summed E-state index contributed by atoms with van der Waals surface area (Å²) < 4.78 is 15.7. The first-order valence-corrected chi connectivity index (χ1v) is 8.02. The van der Waals surface area contributed by atoms with Gasteiger partial charge in [-0.1, -0.05) is 0 Å². The summed E-state index contributed by atoms with van der Waals surface area (Å²) in [6.45, 7) is 2.84. The van der Waals surface area contributed by atoms with Gasteiger partial charge in [0.05, 0.1) is 18.7 Å². The highest BCUT2D eigenvalue weighted by Gasteiger charge is 2.56. The normalized spacial score (nSPS) is 20.9. The van der Waals surface area contributed by atoms with E-state index in [1.807, 2.05) is 0 Å². The second-order valence-corrected chi connectivity index (χ2v) is 6.19. The van der Waals surface area contributed by atoms with Crippen LogP contribution in [0.25, 0.3) is 0 Å². The van der Waals surface area contributed by atoms with Crippen LogP contribution in [0.1, 0.15) is 13.8 Å². The van der Waals surface area contributed by atoms with Crippen molar-refractivity contribution in [1.29, 1.82) is 0 Å². The van der Waals surface area contributed by atoms with Crippen LogP contribution in [0, 0.1) is 5.92 Å². The van der Waals surface area contributed by atoms with Crippen LogP contribution in [0.2, 0.25) is 0 Å². The Morgan fingerprint density at radius 1 is 1.29 bits per heavy atom. The SMILES string of the molecule is COC(=O)[C@@H]1[C@H]([C@@H](C)OC(C)=O)C(=O)N1c1ccc(OC)c(Br)c1. The van der Waals surface area contributed by atoms with Crippen LogP contribution in [-0.2, 0) is 23.9 Å². The molecule has 1 aromatic carbocycles. The number of ether oxygens (including phenoxy) is 3. The number of esters is 2. The fourth-order valence-electron chi connectivity index (χ4n) is 2.77. The molecule has 0 radical (unpaired) electrons. The molecule has 0 spiro atoms. The van der Waals surface area contributed by atoms with Gasteiger partial charge in [-0.3, -0.25) is 14.5 Å². The lowest BCUT2D eigenvalue weighted by Gasteiger charge is -2.46. The Kier molecular flexibility index (Phi) is 5.48. The summed E-state index contributed by atoms with van der Waals surface area (Å²) >= 11 is 3.35. The lowest BCUT2D eigenvalue weighted by atomic mass is 9.82. The molecule has 1 saturated heterocycles. The number of methoxy groups -OCH3 is 2. The van der Waals surface area contributed by atoms with E-state index < -0.39 is 30.0 Å². The number of rotatable bonds is 5. The number of benzene rings is 1. The lowest BCUT2D eigenvalue weighted by Crippen LogP contribution is -2.68. The number of hydrogen-bond donors (Lipinski definition) is 0. The van der Waals surface area contributed by atoms with Crippen molar-refractivity contribution in [3.8, 4) is 5.75 Å². The predicted octanol–water partition coefficient (Wildman–Crippen LogP) is 1.91. The fraction of sp³-hybridized carbons (Fsp3) is 0.438. The smallest absolute Gasteiger partial charge is 0.329 e. The molecule has 0 bridgehead atoms. The maximum absolute atomic E-state index is 12.6. The Bertz CT molecular complexity index is 677. The van der Waals surface area contributed by atoms with E-state index in [-0.39, 0.29) is 5.91 Å². The molecule has 7 nitrogen and oxygen atoms in total. The van der Waals surface area contributed by atoms with Crippen molar-refractivity contribution < 1.29 is 28.6 Å². The molecule has 1 fully saturated rings. The quantitative estimate of drug-likeness (QED) is 0.555. The zero-order valence-corrected chi connectivity index (χ0v) is 15.3. The van der Waals surface area contributed by atoms with Crippen LogP contribution < -0.4 is 9.64 Å². The third kappa shape index (κ3) is 3.24. The second kappa shape index (κ2) is 7.21. The van der Waals surface area contributed by atoms with Crippen molar-refractivity contribution in [3.63, 3.8) is 0 Å². The van der Waals surface area contributed by atoms with E-state index in [0.717, 1.165) is 0 Å². The third-order valence-electron chi connectivity index (χ3n) is 3.85. The van der Waals surface area contributed by atoms with Crippen molar-refractivity contribution in [2.45, 2.75) is 26.0 Å². The molecule has 24 heavy (non-hydrogen) atoms. The fourth-order valence-corrected chi connectivity index (χ4v) is 3.30. The Morgan fingerprint density at radius 2 is 1.96 bits per heavy atom.